The summed E-state index contributed by atoms with van der Waals surface area (Å²) in [6, 6.07) is 17.7. The number of aliphatic hydroxyl groups excluding tert-OH is 6. The number of ether oxygens (including phenoxy) is 2. The van der Waals surface area contributed by atoms with Crippen LogP contribution in [0.15, 0.2) is 104 Å². The Morgan fingerprint density at radius 2 is 0.910 bits per heavy atom. The second-order valence-electron chi connectivity index (χ2n) is 25.1. The molecule has 6 heterocycles. The summed E-state index contributed by atoms with van der Waals surface area (Å²) in [5.41, 5.74) is -7.24. The molecule has 4 amide bonds. The van der Waals surface area contributed by atoms with E-state index < -0.39 is 120 Å². The van der Waals surface area contributed by atoms with Gasteiger partial charge in [0.05, 0.1) is 49.3 Å². The monoisotopic (exact) mass is 1450 g/mol. The van der Waals surface area contributed by atoms with E-state index in [1.54, 1.807) is 51.1 Å². The molecule has 3 fully saturated rings. The number of nitrogens with zero attached hydrogens (tertiary/aromatic N) is 5. The van der Waals surface area contributed by atoms with Crippen LogP contribution < -0.4 is 20.7 Å². The molecule has 19 nitrogen and oxygen atoms in total. The van der Waals surface area contributed by atoms with E-state index in [9.17, 15) is 73.6 Å². The molecule has 0 saturated carbocycles. The van der Waals surface area contributed by atoms with Gasteiger partial charge in [0.2, 0.25) is 0 Å². The van der Waals surface area contributed by atoms with E-state index in [-0.39, 0.29) is 136 Å². The van der Waals surface area contributed by atoms with E-state index in [1.165, 1.54) is 66.5 Å². The normalized spacial score (nSPS) is 16.6. The summed E-state index contributed by atoms with van der Waals surface area (Å²) in [5.74, 6) is -2.01. The quantitative estimate of drug-likeness (QED) is 0.0433. The average molecular weight is 1450 g/mol. The number of halogens is 13. The molecule has 9 N–H and O–H groups in total. The highest BCUT2D eigenvalue weighted by molar-refractivity contribution is 5.89. The Kier molecular flexibility index (Phi) is 29.9. The van der Waals surface area contributed by atoms with Gasteiger partial charge < -0.3 is 60.5 Å². The first-order valence-corrected chi connectivity index (χ1v) is 31.4. The van der Waals surface area contributed by atoms with Crippen LogP contribution in [0.4, 0.5) is 78.4 Å². The summed E-state index contributed by atoms with van der Waals surface area (Å²) in [7, 11) is 0. The number of urea groups is 1. The number of nitrogens with one attached hydrogen (secondary N) is 3. The zero-order valence-electron chi connectivity index (χ0n) is 55.2. The topological polar surface area (TPSA) is 272 Å². The largest absolute Gasteiger partial charge is 0.444 e. The summed E-state index contributed by atoms with van der Waals surface area (Å²) in [6.07, 6.45) is -9.39. The first kappa shape index (κ1) is 82.8. The standard InChI is InChI=1S/C22H24F5N3O3.C18H26F2N2O4.C15H12F3NO2.C13H18F2N2O2.ClH/c1-13-8-15(2-3-17(13)22(25,26)27)29-20(33)30-6-4-21(24,5-7-30)19-18(23)10-14(11-28-19)9-16(32)12-31;1-17(2,3)26-16(25)22-6-4-18(20,5-7-22)15-14(19)9-12(10-21-15)8-13(24)11-23;1-10-9-11(7-8-13(10)15(16,17)18)19-14(20)21-12-5-3-2-4-6-12;14-11-6-9(5-10(19)8-18)7-17-12(11)13(15)1-3-16-4-2-13;/h2-3,8,10-11,16,31-32H,4-7,9,12H2,1H3,(H,29,33);9-10,13,23-24H,4-8,11H2,1-3H3;2-9H,1H3,(H,19,20);6-7,10,16,18-19H,1-5,8H2;1H/t16-;13-;;10-;/m11.1./s1. The number of pyridine rings is 3. The van der Waals surface area contributed by atoms with Crippen LogP contribution in [0.2, 0.25) is 0 Å². The summed E-state index contributed by atoms with van der Waals surface area (Å²) in [5, 5.41) is 62.5. The van der Waals surface area contributed by atoms with E-state index in [4.69, 9.17) is 24.8 Å². The van der Waals surface area contributed by atoms with Gasteiger partial charge in [-0.15, -0.1) is 12.4 Å². The lowest BCUT2D eigenvalue weighted by molar-refractivity contribution is -0.138. The van der Waals surface area contributed by atoms with Gasteiger partial charge in [0, 0.05) is 101 Å². The predicted molar refractivity (Wildman–Crippen MR) is 346 cm³/mol. The molecule has 3 aromatic carbocycles. The number of piperidine rings is 3. The minimum atomic E-state index is -4.50. The van der Waals surface area contributed by atoms with Crippen molar-refractivity contribution in [3.63, 3.8) is 0 Å². The maximum absolute atomic E-state index is 15.4. The SMILES string of the molecule is CC(C)(C)OC(=O)N1CCC(F)(c2ncc(C[C@@H](O)CO)cc2F)CC1.Cc1cc(NC(=O)N2CCC(F)(c3ncc(C[C@@H](O)CO)cc3F)CC2)ccc1C(F)(F)F.Cc1cc(NC(=O)Oc2ccccc2)ccc1C(F)(F)F.Cl.OC[C@H](O)Cc1cnc(C2(F)CCNCC2)c(F)c1. The Balaban J connectivity index is 0.000000245. The second-order valence-corrected chi connectivity index (χ2v) is 25.1. The van der Waals surface area contributed by atoms with Gasteiger partial charge in [-0.2, -0.15) is 26.3 Å². The number of hydrogen-bond acceptors (Lipinski definition) is 15. The van der Waals surface area contributed by atoms with E-state index in [0.717, 1.165) is 30.3 Å². The fourth-order valence-electron chi connectivity index (χ4n) is 10.8. The molecule has 100 heavy (non-hydrogen) atoms. The number of aryl methyl sites for hydroxylation is 2. The highest BCUT2D eigenvalue weighted by atomic mass is 35.5. The Morgan fingerprint density at radius 1 is 0.550 bits per heavy atom. The van der Waals surface area contributed by atoms with Crippen molar-refractivity contribution in [1.82, 2.24) is 30.1 Å². The molecule has 0 spiro atoms. The van der Waals surface area contributed by atoms with E-state index >= 15 is 8.78 Å². The Bertz CT molecular complexity index is 3650. The summed E-state index contributed by atoms with van der Waals surface area (Å²) >= 11 is 0. The minimum Gasteiger partial charge on any atom is -0.444 e. The highest BCUT2D eigenvalue weighted by Gasteiger charge is 2.44. The zero-order valence-corrected chi connectivity index (χ0v) is 56.0. The van der Waals surface area contributed by atoms with Crippen LogP contribution in [0.25, 0.3) is 0 Å². The number of aromatic nitrogens is 3. The maximum atomic E-state index is 15.4. The number of hydrogen-bond donors (Lipinski definition) is 9. The molecule has 0 bridgehead atoms. The fraction of sp³-hybridized carbons (Fsp3) is 0.471. The van der Waals surface area contributed by atoms with E-state index in [1.807, 2.05) is 0 Å². The fourth-order valence-corrected chi connectivity index (χ4v) is 10.8. The van der Waals surface area contributed by atoms with Crippen molar-refractivity contribution >= 4 is 42.0 Å². The second kappa shape index (κ2) is 36.1. The van der Waals surface area contributed by atoms with Crippen LogP contribution in [0.5, 0.6) is 5.75 Å². The number of benzene rings is 3. The minimum absolute atomic E-state index is 0. The molecule has 3 aromatic heterocycles. The third-order valence-electron chi connectivity index (χ3n) is 16.0. The molecular weight excluding hydrogens is 1370 g/mol. The van der Waals surface area contributed by atoms with Crippen LogP contribution in [-0.4, -0.2) is 157 Å². The number of para-hydroxylation sites is 1. The molecule has 9 rings (SSSR count). The lowest BCUT2D eigenvalue weighted by Crippen LogP contribution is -2.45. The zero-order chi connectivity index (χ0) is 73.3. The molecule has 0 radical (unpaired) electrons. The van der Waals surface area contributed by atoms with Gasteiger partial charge >= 0.3 is 30.6 Å². The first-order chi connectivity index (χ1) is 46.4. The van der Waals surface area contributed by atoms with Crippen molar-refractivity contribution in [2.75, 3.05) is 69.7 Å². The van der Waals surface area contributed by atoms with Crippen LogP contribution in [0.1, 0.15) is 115 Å². The molecule has 6 aromatic rings. The van der Waals surface area contributed by atoms with Gasteiger partial charge in [-0.1, -0.05) is 18.2 Å². The van der Waals surface area contributed by atoms with Gasteiger partial charge in [0.25, 0.3) is 0 Å². The smallest absolute Gasteiger partial charge is 0.417 e. The lowest BCUT2D eigenvalue weighted by atomic mass is 9.89. The first-order valence-electron chi connectivity index (χ1n) is 31.4. The van der Waals surface area contributed by atoms with Crippen LogP contribution in [-0.2, 0) is 53.4 Å². The Hall–Kier alpha value is -7.91. The third-order valence-corrected chi connectivity index (χ3v) is 16.0. The number of anilines is 2. The van der Waals surface area contributed by atoms with E-state index in [0.29, 0.717) is 35.5 Å². The summed E-state index contributed by atoms with van der Waals surface area (Å²) in [6.45, 7) is 7.65. The number of rotatable bonds is 15. The van der Waals surface area contributed by atoms with Gasteiger partial charge in [-0.05, 0) is 155 Å². The highest BCUT2D eigenvalue weighted by Crippen LogP contribution is 2.41. The van der Waals surface area contributed by atoms with Crippen LogP contribution >= 0.6 is 12.4 Å². The Morgan fingerprint density at radius 3 is 1.25 bits per heavy atom. The number of carbonyl (C=O) groups excluding carboxylic acids is 3. The molecule has 3 saturated heterocycles. The van der Waals surface area contributed by atoms with Gasteiger partial charge in [0.15, 0.2) is 17.0 Å². The molecule has 0 aliphatic carbocycles. The Labute approximate surface area is 575 Å². The third kappa shape index (κ3) is 24.1. The molecular formula is C68H81ClF12N8O11. The maximum Gasteiger partial charge on any atom is 0.417 e. The number of amides is 4. The molecule has 3 aliphatic rings. The predicted octanol–water partition coefficient (Wildman–Crippen LogP) is 12.0. The summed E-state index contributed by atoms with van der Waals surface area (Å²) < 4.78 is 175. The number of likely N-dealkylation sites (tertiary alicyclic amines) is 2. The van der Waals surface area contributed by atoms with Crippen molar-refractivity contribution in [1.29, 1.82) is 0 Å². The van der Waals surface area contributed by atoms with Crippen molar-refractivity contribution in [3.8, 4) is 5.75 Å². The average Bonchev–Trinajstić information content (AvgIpc) is 0.800. The summed E-state index contributed by atoms with van der Waals surface area (Å²) in [4.78, 5) is 50.6. The van der Waals surface area contributed by atoms with Crippen molar-refractivity contribution in [2.45, 2.75) is 146 Å². The van der Waals surface area contributed by atoms with Gasteiger partial charge in [-0.3, -0.25) is 20.3 Å². The lowest BCUT2D eigenvalue weighted by Gasteiger charge is -2.36. The van der Waals surface area contributed by atoms with Crippen molar-refractivity contribution < 1.29 is 107 Å². The van der Waals surface area contributed by atoms with Crippen LogP contribution in [0, 0.1) is 31.3 Å². The number of alkyl halides is 9. The van der Waals surface area contributed by atoms with Crippen molar-refractivity contribution in [3.05, 3.63) is 177 Å². The molecule has 0 unspecified atom stereocenters. The van der Waals surface area contributed by atoms with E-state index in [2.05, 4.69) is 30.9 Å². The molecule has 3 aliphatic heterocycles. The molecule has 3 atom stereocenters. The number of aliphatic hydroxyl groups is 6. The van der Waals surface area contributed by atoms with Crippen molar-refractivity contribution in [2.24, 2.45) is 0 Å². The van der Waals surface area contributed by atoms with Gasteiger partial charge in [-0.25, -0.2) is 40.7 Å². The molecule has 550 valence electrons. The van der Waals surface area contributed by atoms with Gasteiger partial charge in [0.1, 0.15) is 45.9 Å². The molecule has 32 heteroatoms. The van der Waals surface area contributed by atoms with Crippen LogP contribution in [0.3, 0.4) is 0 Å². The number of carbonyl (C=O) groups is 3.